The lowest BCUT2D eigenvalue weighted by Crippen LogP contribution is -2.03. The van der Waals surface area contributed by atoms with Crippen LogP contribution >= 0.6 is 11.5 Å². The summed E-state index contributed by atoms with van der Waals surface area (Å²) in [4.78, 5) is 12.7. The number of hydrogen-bond donors (Lipinski definition) is 1. The van der Waals surface area contributed by atoms with Crippen molar-refractivity contribution in [1.82, 2.24) is 19.3 Å². The lowest BCUT2D eigenvalue weighted by Gasteiger charge is -2.01. The van der Waals surface area contributed by atoms with Gasteiger partial charge in [-0.25, -0.2) is 15.0 Å². The van der Waals surface area contributed by atoms with Crippen LogP contribution in [-0.2, 0) is 13.0 Å². The summed E-state index contributed by atoms with van der Waals surface area (Å²) >= 11 is 1.38. The zero-order chi connectivity index (χ0) is 11.4. The summed E-state index contributed by atoms with van der Waals surface area (Å²) in [6.07, 6.45) is 2.63. The van der Waals surface area contributed by atoms with E-state index in [1.807, 2.05) is 19.9 Å². The van der Waals surface area contributed by atoms with Crippen molar-refractivity contribution < 1.29 is 0 Å². The quantitative estimate of drug-likeness (QED) is 0.875. The maximum absolute atomic E-state index is 4.32. The van der Waals surface area contributed by atoms with E-state index in [1.165, 1.54) is 11.5 Å². The molecule has 0 unspecified atom stereocenters. The average molecular weight is 235 g/mol. The molecular formula is C10H13N5S. The van der Waals surface area contributed by atoms with Gasteiger partial charge >= 0.3 is 0 Å². The number of hydrogen-bond acceptors (Lipinski definition) is 6. The Morgan fingerprint density at radius 2 is 2.25 bits per heavy atom. The zero-order valence-corrected chi connectivity index (χ0v) is 10.1. The molecule has 0 aromatic carbocycles. The fourth-order valence-corrected chi connectivity index (χ4v) is 1.88. The molecule has 0 fully saturated rings. The molecule has 2 aromatic rings. The second-order valence-electron chi connectivity index (χ2n) is 3.32. The van der Waals surface area contributed by atoms with Crippen LogP contribution in [0.1, 0.15) is 24.3 Å². The van der Waals surface area contributed by atoms with E-state index in [-0.39, 0.29) is 0 Å². The van der Waals surface area contributed by atoms with Crippen LogP contribution in [0, 0.1) is 6.92 Å². The van der Waals surface area contributed by atoms with E-state index in [4.69, 9.17) is 0 Å². The molecule has 84 valence electrons. The molecule has 2 aromatic heterocycles. The third kappa shape index (κ3) is 2.73. The number of rotatable bonds is 4. The van der Waals surface area contributed by atoms with E-state index in [1.54, 1.807) is 6.20 Å². The highest BCUT2D eigenvalue weighted by molar-refractivity contribution is 7.09. The Morgan fingerprint density at radius 3 is 2.94 bits per heavy atom. The molecule has 5 nitrogen and oxygen atoms in total. The minimum Gasteiger partial charge on any atom is -0.355 e. The van der Waals surface area contributed by atoms with Crippen molar-refractivity contribution in [2.75, 3.05) is 5.32 Å². The van der Waals surface area contributed by atoms with Gasteiger partial charge in [0.25, 0.3) is 0 Å². The van der Waals surface area contributed by atoms with Crippen LogP contribution in [0.15, 0.2) is 12.3 Å². The molecule has 0 radical (unpaired) electrons. The first-order valence-corrected chi connectivity index (χ1v) is 5.90. The fraction of sp³-hybridized carbons (Fsp3) is 0.400. The lowest BCUT2D eigenvalue weighted by molar-refractivity contribution is 0.946. The standard InChI is InChI=1S/C10H13N5S/c1-3-9-14-10(16-15-9)12-6-8-4-5-11-7(2)13-8/h4-5H,3,6H2,1-2H3,(H,12,14,15). The molecular weight excluding hydrogens is 222 g/mol. The van der Waals surface area contributed by atoms with E-state index in [9.17, 15) is 0 Å². The third-order valence-corrected chi connectivity index (χ3v) is 2.75. The number of anilines is 1. The van der Waals surface area contributed by atoms with Gasteiger partial charge in [-0.15, -0.1) is 0 Å². The maximum Gasteiger partial charge on any atom is 0.202 e. The van der Waals surface area contributed by atoms with Gasteiger partial charge in [-0.3, -0.25) is 0 Å². The highest BCUT2D eigenvalue weighted by Gasteiger charge is 2.02. The van der Waals surface area contributed by atoms with Crippen LogP contribution in [0.25, 0.3) is 0 Å². The summed E-state index contributed by atoms with van der Waals surface area (Å²) in [5.41, 5.74) is 0.959. The Hall–Kier alpha value is -1.56. The van der Waals surface area contributed by atoms with Crippen LogP contribution in [0.4, 0.5) is 5.13 Å². The second kappa shape index (κ2) is 4.98. The molecule has 16 heavy (non-hydrogen) atoms. The molecule has 0 amide bonds. The van der Waals surface area contributed by atoms with Crippen LogP contribution in [0.2, 0.25) is 0 Å². The van der Waals surface area contributed by atoms with Gasteiger partial charge in [0.2, 0.25) is 5.13 Å². The van der Waals surface area contributed by atoms with E-state index in [2.05, 4.69) is 24.6 Å². The minimum absolute atomic E-state index is 0.654. The van der Waals surface area contributed by atoms with Gasteiger partial charge in [-0.1, -0.05) is 6.92 Å². The zero-order valence-electron chi connectivity index (χ0n) is 9.27. The van der Waals surface area contributed by atoms with Crippen molar-refractivity contribution in [3.8, 4) is 0 Å². The summed E-state index contributed by atoms with van der Waals surface area (Å²) in [7, 11) is 0. The van der Waals surface area contributed by atoms with Crippen LogP contribution < -0.4 is 5.32 Å². The van der Waals surface area contributed by atoms with Gasteiger partial charge < -0.3 is 5.32 Å². The average Bonchev–Trinajstić information content (AvgIpc) is 2.74. The highest BCUT2D eigenvalue weighted by Crippen LogP contribution is 2.12. The van der Waals surface area contributed by atoms with Gasteiger partial charge in [0.15, 0.2) is 0 Å². The molecule has 2 heterocycles. The highest BCUT2D eigenvalue weighted by atomic mass is 32.1. The van der Waals surface area contributed by atoms with Crippen molar-refractivity contribution in [3.63, 3.8) is 0 Å². The van der Waals surface area contributed by atoms with Crippen LogP contribution in [-0.4, -0.2) is 19.3 Å². The molecule has 0 aliphatic rings. The van der Waals surface area contributed by atoms with Gasteiger partial charge in [-0.2, -0.15) is 4.37 Å². The molecule has 0 bridgehead atoms. The normalized spacial score (nSPS) is 10.4. The molecule has 1 N–H and O–H groups in total. The Kier molecular flexibility index (Phi) is 3.40. The number of aromatic nitrogens is 4. The van der Waals surface area contributed by atoms with Crippen LogP contribution in [0.3, 0.4) is 0 Å². The third-order valence-electron chi connectivity index (χ3n) is 2.04. The first-order valence-electron chi connectivity index (χ1n) is 5.13. The topological polar surface area (TPSA) is 63.6 Å². The predicted molar refractivity (Wildman–Crippen MR) is 63.4 cm³/mol. The van der Waals surface area contributed by atoms with Gasteiger partial charge in [-0.05, 0) is 13.0 Å². The van der Waals surface area contributed by atoms with Gasteiger partial charge in [0, 0.05) is 24.2 Å². The molecule has 6 heteroatoms. The molecule has 0 aliphatic heterocycles. The molecule has 2 rings (SSSR count). The molecule has 0 aliphatic carbocycles. The monoisotopic (exact) mass is 235 g/mol. The first-order chi connectivity index (χ1) is 7.78. The van der Waals surface area contributed by atoms with Crippen molar-refractivity contribution in [2.45, 2.75) is 26.8 Å². The minimum atomic E-state index is 0.654. The Morgan fingerprint density at radius 1 is 1.38 bits per heavy atom. The number of aryl methyl sites for hydroxylation is 2. The molecule has 0 saturated carbocycles. The second-order valence-corrected chi connectivity index (χ2v) is 4.07. The molecule has 0 spiro atoms. The summed E-state index contributed by atoms with van der Waals surface area (Å²) in [6, 6.07) is 1.89. The summed E-state index contributed by atoms with van der Waals surface area (Å²) in [5.74, 6) is 1.66. The Labute approximate surface area is 98.2 Å². The van der Waals surface area contributed by atoms with Gasteiger partial charge in [0.1, 0.15) is 11.6 Å². The maximum atomic E-state index is 4.32. The van der Waals surface area contributed by atoms with Crippen molar-refractivity contribution in [3.05, 3.63) is 29.6 Å². The van der Waals surface area contributed by atoms with Gasteiger partial charge in [0.05, 0.1) is 12.2 Å². The Balaban J connectivity index is 1.96. The predicted octanol–water partition coefficient (Wildman–Crippen LogP) is 1.81. The first kappa shape index (κ1) is 10.9. The summed E-state index contributed by atoms with van der Waals surface area (Å²) < 4.78 is 4.20. The fourth-order valence-electron chi connectivity index (χ4n) is 1.24. The van der Waals surface area contributed by atoms with Crippen molar-refractivity contribution in [1.29, 1.82) is 0 Å². The SMILES string of the molecule is CCc1nsc(NCc2ccnc(C)n2)n1. The summed E-state index contributed by atoms with van der Waals surface area (Å²) in [6.45, 7) is 4.57. The van der Waals surface area contributed by atoms with Crippen LogP contribution in [0.5, 0.6) is 0 Å². The molecule has 0 atom stereocenters. The number of nitrogens with zero attached hydrogens (tertiary/aromatic N) is 4. The van der Waals surface area contributed by atoms with E-state index >= 15 is 0 Å². The van der Waals surface area contributed by atoms with E-state index < -0.39 is 0 Å². The lowest BCUT2D eigenvalue weighted by atomic mass is 10.4. The van der Waals surface area contributed by atoms with Crippen molar-refractivity contribution in [2.24, 2.45) is 0 Å². The summed E-state index contributed by atoms with van der Waals surface area (Å²) in [5, 5.41) is 4.04. The Bertz CT molecular complexity index is 468. The van der Waals surface area contributed by atoms with E-state index in [0.717, 1.165) is 28.9 Å². The smallest absolute Gasteiger partial charge is 0.202 e. The number of nitrogens with one attached hydrogen (secondary N) is 1. The van der Waals surface area contributed by atoms with E-state index in [0.29, 0.717) is 6.54 Å². The van der Waals surface area contributed by atoms with Crippen molar-refractivity contribution >= 4 is 16.7 Å². The largest absolute Gasteiger partial charge is 0.355 e. The molecule has 0 saturated heterocycles.